The number of amides is 2. The van der Waals surface area contributed by atoms with Crippen LogP contribution in [-0.2, 0) is 10.3 Å². The fourth-order valence-corrected chi connectivity index (χ4v) is 4.17. The van der Waals surface area contributed by atoms with E-state index in [9.17, 15) is 14.0 Å². The number of aliphatic imine (C=N–C) groups is 1. The number of aryl methyl sites for hydroxylation is 1. The van der Waals surface area contributed by atoms with Gasteiger partial charge in [-0.25, -0.2) is 22.9 Å². The van der Waals surface area contributed by atoms with E-state index in [-0.39, 0.29) is 5.82 Å². The number of rotatable bonds is 2. The van der Waals surface area contributed by atoms with Crippen molar-refractivity contribution in [1.82, 2.24) is 19.8 Å². The standard InChI is InChI=1S/C21H17ClF3N5O3/c1-9-26-13-5-4-10(22)6-14(13)30(9)18-12(24)7-11(23)16(17(18)25)21(2)8-15(31)29(3)19(28-21)27-20(32)33/h4-7H,8H2,1-3H3,(H,27,28)(H,32,33)/t21-/m0/s1. The van der Waals surface area contributed by atoms with E-state index >= 15 is 8.78 Å². The molecule has 2 aromatic carbocycles. The molecule has 1 saturated heterocycles. The Balaban J connectivity index is 1.97. The van der Waals surface area contributed by atoms with E-state index in [1.807, 2.05) is 0 Å². The highest BCUT2D eigenvalue weighted by molar-refractivity contribution is 6.31. The Labute approximate surface area is 190 Å². The summed E-state index contributed by atoms with van der Waals surface area (Å²) in [5.41, 5.74) is -2.32. The van der Waals surface area contributed by atoms with E-state index < -0.39 is 58.6 Å². The van der Waals surface area contributed by atoms with Crippen LogP contribution in [0.15, 0.2) is 29.3 Å². The maximum atomic E-state index is 15.9. The van der Waals surface area contributed by atoms with Gasteiger partial charge in [-0.1, -0.05) is 11.6 Å². The molecule has 8 nitrogen and oxygen atoms in total. The monoisotopic (exact) mass is 479 g/mol. The van der Waals surface area contributed by atoms with E-state index in [2.05, 4.69) is 15.3 Å². The number of imidazole rings is 1. The predicted molar refractivity (Wildman–Crippen MR) is 114 cm³/mol. The van der Waals surface area contributed by atoms with Crippen molar-refractivity contribution in [2.24, 2.45) is 4.99 Å². The van der Waals surface area contributed by atoms with Crippen LogP contribution in [-0.4, -0.2) is 44.6 Å². The minimum atomic E-state index is -1.77. The third kappa shape index (κ3) is 3.67. The average Bonchev–Trinajstić information content (AvgIpc) is 3.00. The molecule has 1 atom stereocenters. The van der Waals surface area contributed by atoms with Gasteiger partial charge in [-0.15, -0.1) is 4.99 Å². The lowest BCUT2D eigenvalue weighted by molar-refractivity contribution is -0.129. The summed E-state index contributed by atoms with van der Waals surface area (Å²) in [5.74, 6) is -4.57. The van der Waals surface area contributed by atoms with Gasteiger partial charge in [0.15, 0.2) is 11.6 Å². The summed E-state index contributed by atoms with van der Waals surface area (Å²) in [6, 6.07) is 5.12. The van der Waals surface area contributed by atoms with Crippen LogP contribution in [0.25, 0.3) is 16.7 Å². The van der Waals surface area contributed by atoms with Gasteiger partial charge >= 0.3 is 6.09 Å². The number of aromatic nitrogens is 2. The fourth-order valence-electron chi connectivity index (χ4n) is 4.00. The first-order valence-electron chi connectivity index (χ1n) is 9.62. The second-order valence-corrected chi connectivity index (χ2v) is 8.25. The Hall–Kier alpha value is -3.60. The molecule has 1 fully saturated rings. The largest absolute Gasteiger partial charge is 0.463 e. The molecular weight excluding hydrogens is 463 g/mol. The zero-order valence-electron chi connectivity index (χ0n) is 17.6. The van der Waals surface area contributed by atoms with Gasteiger partial charge in [0.05, 0.1) is 28.6 Å². The maximum Gasteiger partial charge on any atom is 0.434 e. The summed E-state index contributed by atoms with van der Waals surface area (Å²) in [6.07, 6.45) is -2.06. The van der Waals surface area contributed by atoms with Gasteiger partial charge < -0.3 is 10.4 Å². The number of guanidine groups is 1. The van der Waals surface area contributed by atoms with Crippen LogP contribution in [0.4, 0.5) is 18.0 Å². The molecule has 2 amide bonds. The van der Waals surface area contributed by atoms with Gasteiger partial charge in [0.25, 0.3) is 0 Å². The van der Waals surface area contributed by atoms with Crippen LogP contribution < -0.4 is 5.32 Å². The van der Waals surface area contributed by atoms with Crippen molar-refractivity contribution < 1.29 is 27.9 Å². The summed E-state index contributed by atoms with van der Waals surface area (Å²) >= 11 is 6.05. The molecule has 33 heavy (non-hydrogen) atoms. The highest BCUT2D eigenvalue weighted by Gasteiger charge is 2.43. The van der Waals surface area contributed by atoms with E-state index in [1.54, 1.807) is 12.1 Å². The van der Waals surface area contributed by atoms with Crippen molar-refractivity contribution in [3.05, 3.63) is 58.1 Å². The van der Waals surface area contributed by atoms with Gasteiger partial charge in [0.2, 0.25) is 11.9 Å². The third-order valence-corrected chi connectivity index (χ3v) is 5.73. The second-order valence-electron chi connectivity index (χ2n) is 7.81. The number of fused-ring (bicyclic) bond motifs is 1. The van der Waals surface area contributed by atoms with E-state index in [0.717, 1.165) is 4.90 Å². The molecule has 2 N–H and O–H groups in total. The topological polar surface area (TPSA) is 99.8 Å². The number of benzene rings is 2. The molecular formula is C21H17ClF3N5O3. The highest BCUT2D eigenvalue weighted by Crippen LogP contribution is 2.37. The Morgan fingerprint density at radius 1 is 1.27 bits per heavy atom. The van der Waals surface area contributed by atoms with Crippen LogP contribution >= 0.6 is 11.6 Å². The Bertz CT molecular complexity index is 1370. The molecule has 172 valence electrons. The summed E-state index contributed by atoms with van der Waals surface area (Å²) in [7, 11) is 1.27. The summed E-state index contributed by atoms with van der Waals surface area (Å²) in [5, 5.41) is 11.9. The molecule has 1 aromatic heterocycles. The molecule has 12 heteroatoms. The van der Waals surface area contributed by atoms with Crippen LogP contribution in [0.5, 0.6) is 0 Å². The molecule has 0 aliphatic carbocycles. The quantitative estimate of drug-likeness (QED) is 0.576. The predicted octanol–water partition coefficient (Wildman–Crippen LogP) is 4.11. The first-order valence-corrected chi connectivity index (χ1v) is 10.00. The lowest BCUT2D eigenvalue weighted by atomic mass is 9.85. The first-order chi connectivity index (χ1) is 15.4. The zero-order valence-corrected chi connectivity index (χ0v) is 18.3. The van der Waals surface area contributed by atoms with Crippen LogP contribution in [0.2, 0.25) is 5.02 Å². The van der Waals surface area contributed by atoms with Crippen molar-refractivity contribution in [1.29, 1.82) is 0 Å². The SMILES string of the molecule is Cc1nc2ccc(Cl)cc2n1-c1c(F)cc(F)c([C@]2(C)CC(=O)N(C)/C(=N/C(=O)O)N2)c1F. The number of hydrogen-bond acceptors (Lipinski definition) is 3. The van der Waals surface area contributed by atoms with Gasteiger partial charge in [-0.05, 0) is 32.0 Å². The molecule has 3 aromatic rings. The summed E-state index contributed by atoms with van der Waals surface area (Å²) in [4.78, 5) is 32.0. The summed E-state index contributed by atoms with van der Waals surface area (Å²) in [6.45, 7) is 2.82. The molecule has 4 rings (SSSR count). The van der Waals surface area contributed by atoms with Crippen molar-refractivity contribution >= 4 is 40.6 Å². The Morgan fingerprint density at radius 3 is 2.64 bits per heavy atom. The number of carbonyl (C=O) groups excluding carboxylic acids is 1. The highest BCUT2D eigenvalue weighted by atomic mass is 35.5. The molecule has 0 bridgehead atoms. The van der Waals surface area contributed by atoms with Crippen molar-refractivity contribution in [2.45, 2.75) is 25.8 Å². The third-order valence-electron chi connectivity index (χ3n) is 5.49. The van der Waals surface area contributed by atoms with Gasteiger partial charge in [-0.2, -0.15) is 0 Å². The molecule has 1 aliphatic rings. The number of carbonyl (C=O) groups is 2. The van der Waals surface area contributed by atoms with Crippen LogP contribution in [0.1, 0.15) is 24.7 Å². The van der Waals surface area contributed by atoms with Crippen molar-refractivity contribution in [3.8, 4) is 5.69 Å². The van der Waals surface area contributed by atoms with E-state index in [4.69, 9.17) is 16.7 Å². The van der Waals surface area contributed by atoms with Crippen molar-refractivity contribution in [3.63, 3.8) is 0 Å². The van der Waals surface area contributed by atoms with Crippen LogP contribution in [0.3, 0.4) is 0 Å². The minimum absolute atomic E-state index is 0.216. The van der Waals surface area contributed by atoms with E-state index in [1.165, 1.54) is 31.5 Å². The molecule has 1 aliphatic heterocycles. The summed E-state index contributed by atoms with van der Waals surface area (Å²) < 4.78 is 47.1. The number of hydrogen-bond donors (Lipinski definition) is 2. The number of nitrogens with zero attached hydrogens (tertiary/aromatic N) is 4. The molecule has 0 radical (unpaired) electrons. The van der Waals surface area contributed by atoms with Crippen molar-refractivity contribution in [2.75, 3.05) is 7.05 Å². The lowest BCUT2D eigenvalue weighted by Crippen LogP contribution is -2.59. The average molecular weight is 480 g/mol. The Kier molecular flexibility index (Phi) is 5.32. The smallest absolute Gasteiger partial charge is 0.434 e. The number of nitrogens with one attached hydrogen (secondary N) is 1. The van der Waals surface area contributed by atoms with Gasteiger partial charge in [0, 0.05) is 18.1 Å². The maximum absolute atomic E-state index is 15.9. The molecule has 0 saturated carbocycles. The number of carboxylic acid groups (broad SMARTS) is 1. The molecule has 2 heterocycles. The minimum Gasteiger partial charge on any atom is -0.463 e. The normalized spacial score (nSPS) is 19.9. The first kappa shape index (κ1) is 22.6. The fraction of sp³-hybridized carbons (Fsp3) is 0.238. The van der Waals surface area contributed by atoms with Gasteiger partial charge in [0.1, 0.15) is 17.3 Å². The van der Waals surface area contributed by atoms with Gasteiger partial charge in [-0.3, -0.25) is 14.3 Å². The lowest BCUT2D eigenvalue weighted by Gasteiger charge is -2.40. The second kappa shape index (κ2) is 7.77. The molecule has 0 spiro atoms. The number of halogens is 4. The Morgan fingerprint density at radius 2 is 1.97 bits per heavy atom. The van der Waals surface area contributed by atoms with E-state index in [0.29, 0.717) is 22.1 Å². The molecule has 0 unspecified atom stereocenters. The zero-order chi connectivity index (χ0) is 24.2. The van der Waals surface area contributed by atoms with Crippen LogP contribution in [0, 0.1) is 24.4 Å².